The molecule has 0 saturated carbocycles. The molecule has 0 atom stereocenters. The highest BCUT2D eigenvalue weighted by molar-refractivity contribution is 5.76. The average Bonchev–Trinajstić information content (AvgIpc) is 1.96. The lowest BCUT2D eigenvalue weighted by Crippen LogP contribution is -2.59. The van der Waals surface area contributed by atoms with E-state index in [1.807, 2.05) is 6.92 Å². The number of ether oxygens (including phenoxy) is 1. The molecule has 12 heavy (non-hydrogen) atoms. The Hall–Kier alpha value is -0.610. The van der Waals surface area contributed by atoms with E-state index in [1.54, 1.807) is 14.1 Å². The second-order valence-electron chi connectivity index (χ2n) is 3.63. The van der Waals surface area contributed by atoms with Gasteiger partial charge in [-0.25, -0.2) is 0 Å². The van der Waals surface area contributed by atoms with Crippen molar-refractivity contribution >= 4 is 5.91 Å². The Morgan fingerprint density at radius 1 is 1.58 bits per heavy atom. The molecule has 0 aromatic rings. The fourth-order valence-corrected chi connectivity index (χ4v) is 0.944. The Kier molecular flexibility index (Phi) is 2.69. The van der Waals surface area contributed by atoms with Gasteiger partial charge in [0, 0.05) is 27.2 Å². The molecule has 0 bridgehead atoms. The van der Waals surface area contributed by atoms with Crippen molar-refractivity contribution in [2.24, 2.45) is 0 Å². The molecule has 1 aliphatic rings. The summed E-state index contributed by atoms with van der Waals surface area (Å²) in [6.45, 7) is 3.87. The van der Waals surface area contributed by atoms with Crippen LogP contribution >= 0.6 is 0 Å². The second kappa shape index (κ2) is 3.41. The Morgan fingerprint density at radius 2 is 2.17 bits per heavy atom. The van der Waals surface area contributed by atoms with Crippen LogP contribution in [0.4, 0.5) is 0 Å². The van der Waals surface area contributed by atoms with E-state index in [0.29, 0.717) is 0 Å². The van der Waals surface area contributed by atoms with Crippen molar-refractivity contribution in [2.75, 3.05) is 33.8 Å². The van der Waals surface area contributed by atoms with Gasteiger partial charge in [0.15, 0.2) is 0 Å². The number of carbonyl (C=O) groups excluding carboxylic acids is 1. The molecule has 1 aliphatic heterocycles. The van der Waals surface area contributed by atoms with Crippen LogP contribution in [0.2, 0.25) is 0 Å². The van der Waals surface area contributed by atoms with Gasteiger partial charge in [0.1, 0.15) is 6.61 Å². The van der Waals surface area contributed by atoms with Crippen LogP contribution < -0.4 is 5.32 Å². The summed E-state index contributed by atoms with van der Waals surface area (Å²) in [6, 6.07) is 0. The van der Waals surface area contributed by atoms with Crippen molar-refractivity contribution in [1.82, 2.24) is 10.2 Å². The van der Waals surface area contributed by atoms with Crippen LogP contribution in [0.15, 0.2) is 0 Å². The van der Waals surface area contributed by atoms with Gasteiger partial charge in [-0.3, -0.25) is 4.79 Å². The molecule has 1 saturated heterocycles. The molecule has 0 unspecified atom stereocenters. The first-order chi connectivity index (χ1) is 5.53. The molecule has 0 aliphatic carbocycles. The van der Waals surface area contributed by atoms with Gasteiger partial charge >= 0.3 is 0 Å². The number of amides is 1. The van der Waals surface area contributed by atoms with Crippen molar-refractivity contribution in [1.29, 1.82) is 0 Å². The molecule has 1 N–H and O–H groups in total. The molecule has 0 aromatic carbocycles. The highest BCUT2D eigenvalue weighted by Crippen LogP contribution is 2.14. The Balaban J connectivity index is 2.21. The van der Waals surface area contributed by atoms with Crippen LogP contribution in [0.1, 0.15) is 6.92 Å². The van der Waals surface area contributed by atoms with E-state index in [1.165, 1.54) is 4.90 Å². The van der Waals surface area contributed by atoms with Crippen LogP contribution in [-0.4, -0.2) is 50.2 Å². The Bertz CT molecular complexity index is 176. The highest BCUT2D eigenvalue weighted by Gasteiger charge is 2.33. The maximum atomic E-state index is 11.1. The Morgan fingerprint density at radius 3 is 2.50 bits per heavy atom. The molecular formula is C8H16N2O2. The molecule has 4 nitrogen and oxygen atoms in total. The van der Waals surface area contributed by atoms with Gasteiger partial charge < -0.3 is 15.0 Å². The van der Waals surface area contributed by atoms with E-state index in [-0.39, 0.29) is 18.1 Å². The second-order valence-corrected chi connectivity index (χ2v) is 3.63. The van der Waals surface area contributed by atoms with Gasteiger partial charge in [-0.05, 0) is 6.92 Å². The molecule has 1 fully saturated rings. The lowest BCUT2D eigenvalue weighted by Gasteiger charge is -2.38. The summed E-state index contributed by atoms with van der Waals surface area (Å²) in [6.07, 6.45) is 0. The van der Waals surface area contributed by atoms with E-state index in [0.717, 1.165) is 13.1 Å². The summed E-state index contributed by atoms with van der Waals surface area (Å²) in [5, 5.41) is 3.10. The molecule has 0 aromatic heterocycles. The lowest BCUT2D eigenvalue weighted by molar-refractivity contribution is -0.143. The van der Waals surface area contributed by atoms with Gasteiger partial charge in [0.2, 0.25) is 5.91 Å². The van der Waals surface area contributed by atoms with Crippen LogP contribution in [0.25, 0.3) is 0 Å². The number of nitrogens with zero attached hydrogens (tertiary/aromatic N) is 1. The minimum absolute atomic E-state index is 0.0168. The fraction of sp³-hybridized carbons (Fsp3) is 0.875. The third-order valence-corrected chi connectivity index (χ3v) is 2.04. The smallest absolute Gasteiger partial charge is 0.248 e. The topological polar surface area (TPSA) is 41.6 Å². The van der Waals surface area contributed by atoms with E-state index in [9.17, 15) is 4.79 Å². The molecule has 1 amide bonds. The monoisotopic (exact) mass is 172 g/mol. The van der Waals surface area contributed by atoms with Crippen molar-refractivity contribution in [3.05, 3.63) is 0 Å². The summed E-state index contributed by atoms with van der Waals surface area (Å²) in [4.78, 5) is 12.6. The average molecular weight is 172 g/mol. The summed E-state index contributed by atoms with van der Waals surface area (Å²) < 4.78 is 5.43. The first-order valence-corrected chi connectivity index (χ1v) is 4.08. The van der Waals surface area contributed by atoms with Crippen molar-refractivity contribution in [2.45, 2.75) is 12.5 Å². The first kappa shape index (κ1) is 9.48. The third kappa shape index (κ3) is 2.19. The Labute approximate surface area is 72.9 Å². The minimum atomic E-state index is -0.119. The van der Waals surface area contributed by atoms with E-state index < -0.39 is 0 Å². The van der Waals surface area contributed by atoms with Gasteiger partial charge in [0.25, 0.3) is 0 Å². The van der Waals surface area contributed by atoms with Crippen molar-refractivity contribution in [3.8, 4) is 0 Å². The van der Waals surface area contributed by atoms with Crippen molar-refractivity contribution < 1.29 is 9.53 Å². The number of carbonyl (C=O) groups is 1. The summed E-state index contributed by atoms with van der Waals surface area (Å²) in [7, 11) is 3.46. The SMILES string of the molecule is CN(C)C(=O)COC1(C)CNC1. The van der Waals surface area contributed by atoms with Crippen LogP contribution in [-0.2, 0) is 9.53 Å². The maximum absolute atomic E-state index is 11.1. The van der Waals surface area contributed by atoms with Crippen LogP contribution in [0.3, 0.4) is 0 Å². The molecule has 1 rings (SSSR count). The number of rotatable bonds is 3. The summed E-state index contributed by atoms with van der Waals surface area (Å²) in [5.74, 6) is 0.0168. The van der Waals surface area contributed by atoms with Gasteiger partial charge in [-0.2, -0.15) is 0 Å². The molecular weight excluding hydrogens is 156 g/mol. The van der Waals surface area contributed by atoms with E-state index in [4.69, 9.17) is 4.74 Å². The highest BCUT2D eigenvalue weighted by atomic mass is 16.5. The number of nitrogens with one attached hydrogen (secondary N) is 1. The summed E-state index contributed by atoms with van der Waals surface area (Å²) >= 11 is 0. The van der Waals surface area contributed by atoms with Crippen molar-refractivity contribution in [3.63, 3.8) is 0 Å². The normalized spacial score (nSPS) is 19.9. The molecule has 70 valence electrons. The van der Waals surface area contributed by atoms with Crippen LogP contribution in [0.5, 0.6) is 0 Å². The molecule has 0 spiro atoms. The number of likely N-dealkylation sites (N-methyl/N-ethyl adjacent to an activating group) is 1. The van der Waals surface area contributed by atoms with E-state index >= 15 is 0 Å². The zero-order chi connectivity index (χ0) is 9.19. The van der Waals surface area contributed by atoms with Gasteiger partial charge in [-0.1, -0.05) is 0 Å². The van der Waals surface area contributed by atoms with Gasteiger partial charge in [0.05, 0.1) is 5.60 Å². The quantitative estimate of drug-likeness (QED) is 0.621. The molecule has 4 heteroatoms. The standard InChI is InChI=1S/C8H16N2O2/c1-8(5-9-6-8)12-4-7(11)10(2)3/h9H,4-6H2,1-3H3. The maximum Gasteiger partial charge on any atom is 0.248 e. The minimum Gasteiger partial charge on any atom is -0.363 e. The predicted molar refractivity (Wildman–Crippen MR) is 45.9 cm³/mol. The fourth-order valence-electron chi connectivity index (χ4n) is 0.944. The third-order valence-electron chi connectivity index (χ3n) is 2.04. The van der Waals surface area contributed by atoms with Gasteiger partial charge in [-0.15, -0.1) is 0 Å². The lowest BCUT2D eigenvalue weighted by atomic mass is 10.0. The van der Waals surface area contributed by atoms with E-state index in [2.05, 4.69) is 5.32 Å². The number of hydrogen-bond donors (Lipinski definition) is 1. The zero-order valence-corrected chi connectivity index (χ0v) is 7.89. The largest absolute Gasteiger partial charge is 0.363 e. The summed E-state index contributed by atoms with van der Waals surface area (Å²) in [5.41, 5.74) is -0.119. The predicted octanol–water partition coefficient (Wildman–Crippen LogP) is -0.547. The molecule has 0 radical (unpaired) electrons. The first-order valence-electron chi connectivity index (χ1n) is 4.08. The number of hydrogen-bond acceptors (Lipinski definition) is 3. The van der Waals surface area contributed by atoms with Crippen LogP contribution in [0, 0.1) is 0 Å². The zero-order valence-electron chi connectivity index (χ0n) is 7.89. The molecule has 1 heterocycles.